The number of halogens is 1. The van der Waals surface area contributed by atoms with Crippen molar-refractivity contribution in [2.75, 3.05) is 13.6 Å². The molecule has 18 heavy (non-hydrogen) atoms. The molecule has 4 N–H and O–H groups in total. The van der Waals surface area contributed by atoms with Gasteiger partial charge in [0, 0.05) is 30.1 Å². The Hall–Kier alpha value is -1.10. The van der Waals surface area contributed by atoms with E-state index in [4.69, 9.17) is 23.1 Å². The van der Waals surface area contributed by atoms with Gasteiger partial charge in [0.15, 0.2) is 0 Å². The van der Waals surface area contributed by atoms with Crippen molar-refractivity contribution < 1.29 is 4.79 Å². The quantitative estimate of drug-likeness (QED) is 0.823. The summed E-state index contributed by atoms with van der Waals surface area (Å²) in [6.07, 6.45) is 0.269. The van der Waals surface area contributed by atoms with E-state index in [-0.39, 0.29) is 24.4 Å². The number of benzene rings is 1. The normalized spacial score (nSPS) is 14.5. The summed E-state index contributed by atoms with van der Waals surface area (Å²) in [6.45, 7) is 2.46. The minimum absolute atomic E-state index is 0.0480. The molecule has 5 heteroatoms. The summed E-state index contributed by atoms with van der Waals surface area (Å²) >= 11 is 5.86. The molecule has 0 radical (unpaired) electrons. The van der Waals surface area contributed by atoms with E-state index >= 15 is 0 Å². The van der Waals surface area contributed by atoms with Crippen LogP contribution < -0.4 is 11.5 Å². The van der Waals surface area contributed by atoms with Gasteiger partial charge in [0.05, 0.1) is 0 Å². The molecule has 100 valence electrons. The molecular weight excluding hydrogens is 250 g/mol. The first-order chi connectivity index (χ1) is 8.45. The maximum atomic E-state index is 11.0. The molecule has 1 aromatic rings. The van der Waals surface area contributed by atoms with Crippen molar-refractivity contribution in [2.45, 2.75) is 25.4 Å². The Morgan fingerprint density at radius 3 is 2.39 bits per heavy atom. The Labute approximate surface area is 113 Å². The standard InChI is InChI=1S/C13H20ClN3O/c1-9(10-3-5-11(14)6-4-10)17(2)12(8-15)7-13(16)18/h3-6,9,12H,7-8,15H2,1-2H3,(H2,16,18). The van der Waals surface area contributed by atoms with Crippen LogP contribution in [-0.2, 0) is 4.79 Å². The van der Waals surface area contributed by atoms with E-state index in [0.29, 0.717) is 11.6 Å². The van der Waals surface area contributed by atoms with Crippen molar-refractivity contribution in [1.29, 1.82) is 0 Å². The summed E-state index contributed by atoms with van der Waals surface area (Å²) in [6, 6.07) is 7.76. The van der Waals surface area contributed by atoms with E-state index in [0.717, 1.165) is 5.56 Å². The van der Waals surface area contributed by atoms with Crippen LogP contribution in [-0.4, -0.2) is 30.4 Å². The third kappa shape index (κ3) is 3.98. The van der Waals surface area contributed by atoms with Crippen LogP contribution in [0, 0.1) is 0 Å². The average molecular weight is 270 g/mol. The van der Waals surface area contributed by atoms with Crippen LogP contribution in [0.3, 0.4) is 0 Å². The molecule has 2 unspecified atom stereocenters. The second-order valence-corrected chi connectivity index (χ2v) is 4.89. The van der Waals surface area contributed by atoms with Gasteiger partial charge in [-0.3, -0.25) is 9.69 Å². The molecule has 0 aliphatic rings. The second-order valence-electron chi connectivity index (χ2n) is 4.45. The molecule has 4 nitrogen and oxygen atoms in total. The van der Waals surface area contributed by atoms with E-state index in [1.165, 1.54) is 0 Å². The summed E-state index contributed by atoms with van der Waals surface area (Å²) in [4.78, 5) is 13.1. The van der Waals surface area contributed by atoms with Crippen molar-refractivity contribution in [3.8, 4) is 0 Å². The van der Waals surface area contributed by atoms with Gasteiger partial charge in [-0.05, 0) is 31.7 Å². The molecular formula is C13H20ClN3O. The van der Waals surface area contributed by atoms with Crippen molar-refractivity contribution in [1.82, 2.24) is 4.90 Å². The number of carbonyl (C=O) groups excluding carboxylic acids is 1. The first kappa shape index (κ1) is 15.0. The topological polar surface area (TPSA) is 72.3 Å². The molecule has 0 spiro atoms. The lowest BCUT2D eigenvalue weighted by Crippen LogP contribution is -2.42. The Kier molecular flexibility index (Phi) is 5.59. The summed E-state index contributed by atoms with van der Waals surface area (Å²) in [5.74, 6) is -0.333. The molecule has 0 aliphatic heterocycles. The maximum absolute atomic E-state index is 11.0. The second kappa shape index (κ2) is 6.73. The van der Waals surface area contributed by atoms with Gasteiger partial charge in [0.2, 0.25) is 5.91 Å². The van der Waals surface area contributed by atoms with Gasteiger partial charge in [-0.2, -0.15) is 0 Å². The van der Waals surface area contributed by atoms with Crippen LogP contribution in [0.4, 0.5) is 0 Å². The smallest absolute Gasteiger partial charge is 0.219 e. The molecule has 0 bridgehead atoms. The maximum Gasteiger partial charge on any atom is 0.219 e. The number of hydrogen-bond acceptors (Lipinski definition) is 3. The molecule has 0 heterocycles. The number of nitrogens with two attached hydrogens (primary N) is 2. The highest BCUT2D eigenvalue weighted by Gasteiger charge is 2.21. The number of nitrogens with zero attached hydrogens (tertiary/aromatic N) is 1. The fourth-order valence-electron chi connectivity index (χ4n) is 1.92. The zero-order valence-corrected chi connectivity index (χ0v) is 11.5. The molecule has 0 fully saturated rings. The van der Waals surface area contributed by atoms with E-state index in [1.807, 2.05) is 31.3 Å². The fraction of sp³-hybridized carbons (Fsp3) is 0.462. The number of hydrogen-bond donors (Lipinski definition) is 2. The van der Waals surface area contributed by atoms with Crippen molar-refractivity contribution >= 4 is 17.5 Å². The predicted molar refractivity (Wildman–Crippen MR) is 74.3 cm³/mol. The summed E-state index contributed by atoms with van der Waals surface area (Å²) in [5, 5.41) is 0.709. The van der Waals surface area contributed by atoms with E-state index in [2.05, 4.69) is 11.8 Å². The molecule has 1 rings (SSSR count). The first-order valence-corrected chi connectivity index (χ1v) is 6.29. The van der Waals surface area contributed by atoms with Crippen molar-refractivity contribution in [3.63, 3.8) is 0 Å². The van der Waals surface area contributed by atoms with Gasteiger partial charge in [-0.15, -0.1) is 0 Å². The molecule has 0 aromatic heterocycles. The Morgan fingerprint density at radius 1 is 1.39 bits per heavy atom. The Bertz CT molecular complexity index is 394. The summed E-state index contributed by atoms with van der Waals surface area (Å²) in [7, 11) is 1.94. The lowest BCUT2D eigenvalue weighted by molar-refractivity contribution is -0.119. The molecule has 0 aliphatic carbocycles. The Balaban J connectivity index is 2.78. The highest BCUT2D eigenvalue weighted by molar-refractivity contribution is 6.30. The van der Waals surface area contributed by atoms with Gasteiger partial charge < -0.3 is 11.5 Å². The van der Waals surface area contributed by atoms with Crippen LogP contribution in [0.25, 0.3) is 0 Å². The minimum Gasteiger partial charge on any atom is -0.370 e. The van der Waals surface area contributed by atoms with Crippen molar-refractivity contribution in [2.24, 2.45) is 11.5 Å². The average Bonchev–Trinajstić information content (AvgIpc) is 2.35. The summed E-state index contributed by atoms with van der Waals surface area (Å²) < 4.78 is 0. The molecule has 2 atom stereocenters. The number of carbonyl (C=O) groups is 1. The lowest BCUT2D eigenvalue weighted by Gasteiger charge is -2.32. The molecule has 0 saturated heterocycles. The zero-order valence-electron chi connectivity index (χ0n) is 10.8. The zero-order chi connectivity index (χ0) is 13.7. The molecule has 1 amide bonds. The van der Waals surface area contributed by atoms with Gasteiger partial charge in [-0.25, -0.2) is 0 Å². The minimum atomic E-state index is -0.333. The molecule has 1 aromatic carbocycles. The lowest BCUT2D eigenvalue weighted by atomic mass is 10.0. The molecule has 0 saturated carbocycles. The monoisotopic (exact) mass is 269 g/mol. The van der Waals surface area contributed by atoms with Crippen LogP contribution in [0.15, 0.2) is 24.3 Å². The Morgan fingerprint density at radius 2 is 1.94 bits per heavy atom. The SMILES string of the molecule is CC(c1ccc(Cl)cc1)N(C)C(CN)CC(N)=O. The van der Waals surface area contributed by atoms with Crippen LogP contribution in [0.5, 0.6) is 0 Å². The van der Waals surface area contributed by atoms with Gasteiger partial charge in [-0.1, -0.05) is 23.7 Å². The van der Waals surface area contributed by atoms with E-state index in [1.54, 1.807) is 0 Å². The number of amides is 1. The van der Waals surface area contributed by atoms with Gasteiger partial charge >= 0.3 is 0 Å². The van der Waals surface area contributed by atoms with Crippen LogP contribution in [0.2, 0.25) is 5.02 Å². The van der Waals surface area contributed by atoms with Crippen molar-refractivity contribution in [3.05, 3.63) is 34.9 Å². The van der Waals surface area contributed by atoms with Crippen LogP contribution in [0.1, 0.15) is 24.9 Å². The first-order valence-electron chi connectivity index (χ1n) is 5.91. The number of likely N-dealkylation sites (N-methyl/N-ethyl adjacent to an activating group) is 1. The highest BCUT2D eigenvalue weighted by Crippen LogP contribution is 2.23. The number of rotatable bonds is 6. The predicted octanol–water partition coefficient (Wildman–Crippen LogP) is 1.54. The van der Waals surface area contributed by atoms with E-state index in [9.17, 15) is 4.79 Å². The van der Waals surface area contributed by atoms with Gasteiger partial charge in [0.1, 0.15) is 0 Å². The van der Waals surface area contributed by atoms with Crippen LogP contribution >= 0.6 is 11.6 Å². The van der Waals surface area contributed by atoms with E-state index < -0.39 is 0 Å². The highest BCUT2D eigenvalue weighted by atomic mass is 35.5. The number of primary amides is 1. The third-order valence-electron chi connectivity index (χ3n) is 3.25. The van der Waals surface area contributed by atoms with Gasteiger partial charge in [0.25, 0.3) is 0 Å². The fourth-order valence-corrected chi connectivity index (χ4v) is 2.04. The summed E-state index contributed by atoms with van der Waals surface area (Å²) in [5.41, 5.74) is 12.0. The largest absolute Gasteiger partial charge is 0.370 e. The third-order valence-corrected chi connectivity index (χ3v) is 3.50.